The van der Waals surface area contributed by atoms with E-state index in [4.69, 9.17) is 0 Å². The molecule has 0 spiro atoms. The highest BCUT2D eigenvalue weighted by atomic mass is 16.2. The standard InChI is InChI=1S/C16H17N5O2/c1-3-11(12-10-21-9-5-7-17-16(21)19-12)18-15(23)14(22)13-6-4-8-20(13)2/h4-11H,3H2,1-2H3,(H,18,23)/t11-/m1/s1. The number of aromatic nitrogens is 4. The topological polar surface area (TPSA) is 81.3 Å². The molecule has 0 saturated carbocycles. The molecule has 0 aliphatic carbocycles. The lowest BCUT2D eigenvalue weighted by molar-refractivity contribution is -0.117. The Morgan fingerprint density at radius 2 is 2.13 bits per heavy atom. The maximum Gasteiger partial charge on any atom is 0.294 e. The first-order chi connectivity index (χ1) is 11.1. The lowest BCUT2D eigenvalue weighted by Crippen LogP contribution is -2.35. The zero-order chi connectivity index (χ0) is 16.4. The number of nitrogens with zero attached hydrogens (tertiary/aromatic N) is 4. The molecule has 0 aliphatic rings. The molecule has 3 aromatic heterocycles. The molecule has 1 atom stereocenters. The first-order valence-electron chi connectivity index (χ1n) is 7.36. The van der Waals surface area contributed by atoms with E-state index >= 15 is 0 Å². The van der Waals surface area contributed by atoms with Crippen LogP contribution >= 0.6 is 0 Å². The van der Waals surface area contributed by atoms with Gasteiger partial charge in [0.05, 0.1) is 17.4 Å². The lowest BCUT2D eigenvalue weighted by atomic mass is 10.1. The van der Waals surface area contributed by atoms with Crippen LogP contribution < -0.4 is 5.32 Å². The van der Waals surface area contributed by atoms with Crippen LogP contribution in [0.2, 0.25) is 0 Å². The lowest BCUT2D eigenvalue weighted by Gasteiger charge is -2.14. The van der Waals surface area contributed by atoms with Crippen molar-refractivity contribution in [1.29, 1.82) is 0 Å². The molecule has 0 fully saturated rings. The van der Waals surface area contributed by atoms with E-state index in [1.807, 2.05) is 19.3 Å². The summed E-state index contributed by atoms with van der Waals surface area (Å²) in [5.74, 6) is -0.634. The van der Waals surface area contributed by atoms with Gasteiger partial charge in [0.15, 0.2) is 0 Å². The third-order valence-electron chi connectivity index (χ3n) is 3.71. The SMILES string of the molecule is CC[C@@H](NC(=O)C(=O)c1cccn1C)c1cn2cccnc2n1. The molecule has 7 heteroatoms. The summed E-state index contributed by atoms with van der Waals surface area (Å²) in [5, 5.41) is 2.75. The van der Waals surface area contributed by atoms with Gasteiger partial charge < -0.3 is 9.88 Å². The number of rotatable bonds is 5. The van der Waals surface area contributed by atoms with Crippen LogP contribution in [0.4, 0.5) is 0 Å². The van der Waals surface area contributed by atoms with Crippen molar-refractivity contribution >= 4 is 17.5 Å². The smallest absolute Gasteiger partial charge is 0.294 e. The minimum Gasteiger partial charge on any atom is -0.348 e. The van der Waals surface area contributed by atoms with Crippen LogP contribution in [-0.2, 0) is 11.8 Å². The quantitative estimate of drug-likeness (QED) is 0.572. The van der Waals surface area contributed by atoms with Crippen molar-refractivity contribution in [2.24, 2.45) is 7.05 Å². The zero-order valence-corrected chi connectivity index (χ0v) is 12.9. The Labute approximate surface area is 133 Å². The predicted octanol–water partition coefficient (Wildman–Crippen LogP) is 1.52. The third kappa shape index (κ3) is 2.85. The minimum atomic E-state index is -0.635. The first-order valence-corrected chi connectivity index (χ1v) is 7.36. The number of nitrogens with one attached hydrogen (secondary N) is 1. The number of fused-ring (bicyclic) bond motifs is 1. The van der Waals surface area contributed by atoms with Gasteiger partial charge in [0.25, 0.3) is 11.7 Å². The number of aryl methyl sites for hydroxylation is 1. The number of ketones is 1. The van der Waals surface area contributed by atoms with E-state index in [1.165, 1.54) is 0 Å². The molecule has 0 aliphatic heterocycles. The molecule has 7 nitrogen and oxygen atoms in total. The fourth-order valence-electron chi connectivity index (χ4n) is 2.44. The number of carbonyl (C=O) groups excluding carboxylic acids is 2. The van der Waals surface area contributed by atoms with E-state index in [0.29, 0.717) is 23.6 Å². The molecule has 0 aromatic carbocycles. The summed E-state index contributed by atoms with van der Waals surface area (Å²) in [5.41, 5.74) is 1.04. The second-order valence-corrected chi connectivity index (χ2v) is 5.26. The van der Waals surface area contributed by atoms with Crippen molar-refractivity contribution in [3.8, 4) is 0 Å². The Hall–Kier alpha value is -2.96. The summed E-state index contributed by atoms with van der Waals surface area (Å²) in [6, 6.07) is 4.81. The monoisotopic (exact) mass is 311 g/mol. The number of hydrogen-bond acceptors (Lipinski definition) is 4. The summed E-state index contributed by atoms with van der Waals surface area (Å²) in [4.78, 5) is 33.0. The number of hydrogen-bond donors (Lipinski definition) is 1. The van der Waals surface area contributed by atoms with Crippen molar-refractivity contribution in [3.63, 3.8) is 0 Å². The van der Waals surface area contributed by atoms with Crippen LogP contribution in [0, 0.1) is 0 Å². The molecule has 3 aromatic rings. The van der Waals surface area contributed by atoms with E-state index in [0.717, 1.165) is 0 Å². The van der Waals surface area contributed by atoms with Crippen LogP contribution in [0.3, 0.4) is 0 Å². The molecule has 0 radical (unpaired) electrons. The second kappa shape index (κ2) is 6.04. The Balaban J connectivity index is 1.80. The summed E-state index contributed by atoms with van der Waals surface area (Å²) in [7, 11) is 1.73. The highest BCUT2D eigenvalue weighted by Crippen LogP contribution is 2.16. The van der Waals surface area contributed by atoms with E-state index in [2.05, 4.69) is 15.3 Å². The fourth-order valence-corrected chi connectivity index (χ4v) is 2.44. The van der Waals surface area contributed by atoms with E-state index in [9.17, 15) is 9.59 Å². The van der Waals surface area contributed by atoms with Gasteiger partial charge in [-0.2, -0.15) is 0 Å². The molecule has 118 valence electrons. The number of imidazole rings is 1. The number of carbonyl (C=O) groups is 2. The Kier molecular flexibility index (Phi) is 3.92. The number of amides is 1. The van der Waals surface area contributed by atoms with E-state index in [-0.39, 0.29) is 6.04 Å². The van der Waals surface area contributed by atoms with Gasteiger partial charge in [-0.25, -0.2) is 9.97 Å². The molecular weight excluding hydrogens is 294 g/mol. The molecule has 3 rings (SSSR count). The van der Waals surface area contributed by atoms with Crippen LogP contribution in [0.1, 0.15) is 35.6 Å². The Bertz CT molecular complexity index is 831. The van der Waals surface area contributed by atoms with Crippen molar-refractivity contribution in [3.05, 3.63) is 54.4 Å². The van der Waals surface area contributed by atoms with Gasteiger partial charge in [-0.15, -0.1) is 0 Å². The average molecular weight is 311 g/mol. The maximum atomic E-state index is 12.2. The Morgan fingerprint density at radius 1 is 1.30 bits per heavy atom. The zero-order valence-electron chi connectivity index (χ0n) is 12.9. The molecule has 1 amide bonds. The van der Waals surface area contributed by atoms with E-state index in [1.54, 1.807) is 46.6 Å². The van der Waals surface area contributed by atoms with Gasteiger partial charge in [-0.1, -0.05) is 6.92 Å². The van der Waals surface area contributed by atoms with Crippen molar-refractivity contribution in [2.75, 3.05) is 0 Å². The van der Waals surface area contributed by atoms with Gasteiger partial charge in [-0.3, -0.25) is 14.0 Å². The van der Waals surface area contributed by atoms with Crippen LogP contribution in [0.25, 0.3) is 5.78 Å². The van der Waals surface area contributed by atoms with Gasteiger partial charge in [0.1, 0.15) is 0 Å². The highest BCUT2D eigenvalue weighted by molar-refractivity contribution is 6.42. The summed E-state index contributed by atoms with van der Waals surface area (Å²) < 4.78 is 3.40. The maximum absolute atomic E-state index is 12.2. The summed E-state index contributed by atoms with van der Waals surface area (Å²) in [6.45, 7) is 1.93. The predicted molar refractivity (Wildman–Crippen MR) is 83.9 cm³/mol. The van der Waals surface area contributed by atoms with Crippen LogP contribution in [0.15, 0.2) is 43.0 Å². The molecular formula is C16H17N5O2. The largest absolute Gasteiger partial charge is 0.348 e. The number of Topliss-reactive ketones (excluding diaryl/α,β-unsaturated/α-hetero) is 1. The highest BCUT2D eigenvalue weighted by Gasteiger charge is 2.23. The van der Waals surface area contributed by atoms with Crippen molar-refractivity contribution < 1.29 is 9.59 Å². The molecule has 0 saturated heterocycles. The van der Waals surface area contributed by atoms with Gasteiger partial charge in [0.2, 0.25) is 5.78 Å². The average Bonchev–Trinajstić information content (AvgIpc) is 3.17. The van der Waals surface area contributed by atoms with Gasteiger partial charge in [-0.05, 0) is 24.6 Å². The minimum absolute atomic E-state index is 0.339. The normalized spacial score (nSPS) is 12.3. The molecule has 0 bridgehead atoms. The van der Waals surface area contributed by atoms with Crippen LogP contribution in [0.5, 0.6) is 0 Å². The molecule has 3 heterocycles. The molecule has 1 N–H and O–H groups in total. The first kappa shape index (κ1) is 15.0. The summed E-state index contributed by atoms with van der Waals surface area (Å²) in [6.07, 6.45) is 7.65. The van der Waals surface area contributed by atoms with Gasteiger partial charge >= 0.3 is 0 Å². The molecule has 0 unspecified atom stereocenters. The summed E-state index contributed by atoms with van der Waals surface area (Å²) >= 11 is 0. The second-order valence-electron chi connectivity index (χ2n) is 5.26. The Morgan fingerprint density at radius 3 is 2.78 bits per heavy atom. The third-order valence-corrected chi connectivity index (χ3v) is 3.71. The van der Waals surface area contributed by atoms with E-state index < -0.39 is 11.7 Å². The van der Waals surface area contributed by atoms with Crippen LogP contribution in [-0.4, -0.2) is 30.6 Å². The fraction of sp³-hybridized carbons (Fsp3) is 0.250. The van der Waals surface area contributed by atoms with Gasteiger partial charge in [0, 0.05) is 31.8 Å². The van der Waals surface area contributed by atoms with Crippen molar-refractivity contribution in [1.82, 2.24) is 24.3 Å². The van der Waals surface area contributed by atoms with Crippen molar-refractivity contribution in [2.45, 2.75) is 19.4 Å². The molecule has 23 heavy (non-hydrogen) atoms.